The molecule has 0 heterocycles. The number of rotatable bonds is 16. The number of carbonyl (C=O) groups excluding carboxylic acids is 2. The molecular weight excluding hydrogens is 406 g/mol. The summed E-state index contributed by atoms with van der Waals surface area (Å²) < 4.78 is 26.3. The molecule has 30 heavy (non-hydrogen) atoms. The molecule has 8 nitrogen and oxygen atoms in total. The Kier molecular flexibility index (Phi) is 12.8. The van der Waals surface area contributed by atoms with E-state index in [9.17, 15) is 18.0 Å². The maximum Gasteiger partial charge on any atom is 0.380 e. The Balaban J connectivity index is 2.04. The quantitative estimate of drug-likeness (QED) is 0.340. The number of benzene rings is 1. The lowest BCUT2D eigenvalue weighted by Gasteiger charge is -2.07. The van der Waals surface area contributed by atoms with Crippen LogP contribution in [0.5, 0.6) is 5.75 Å². The van der Waals surface area contributed by atoms with Crippen LogP contribution in [0.1, 0.15) is 70.3 Å². The summed E-state index contributed by atoms with van der Waals surface area (Å²) in [4.78, 5) is 23.5. The van der Waals surface area contributed by atoms with E-state index in [1.807, 2.05) is 0 Å². The third kappa shape index (κ3) is 13.9. The van der Waals surface area contributed by atoms with Crippen molar-refractivity contribution in [2.75, 3.05) is 13.1 Å². The van der Waals surface area contributed by atoms with Crippen LogP contribution >= 0.6 is 0 Å². The summed E-state index contributed by atoms with van der Waals surface area (Å²) in [6.45, 7) is 3.32. The fraction of sp³-hybridized carbons (Fsp3) is 0.619. The predicted molar refractivity (Wildman–Crippen MR) is 117 cm³/mol. The number of unbranched alkanes of at least 4 members (excludes halogenated alkanes) is 5. The van der Waals surface area contributed by atoms with E-state index in [1.54, 1.807) is 12.1 Å². The standard InChI is InChI=1S/C21H35N3O5S/c1-2-3-4-6-9-20(25)23-16-8-5-7-10-21(26)24-17-15-18-11-13-19(14-12-18)29-30(22,27)28/h11-14H,2-10,15-17H2,1H3,(H,23,25)(H,24,26)(H2,22,27,28). The molecule has 0 aliphatic rings. The van der Waals surface area contributed by atoms with E-state index in [2.05, 4.69) is 21.7 Å². The summed E-state index contributed by atoms with van der Waals surface area (Å²) in [5.74, 6) is 0.273. The maximum atomic E-state index is 11.9. The van der Waals surface area contributed by atoms with Crippen LogP contribution in [0.2, 0.25) is 0 Å². The Morgan fingerprint density at radius 3 is 2.00 bits per heavy atom. The molecule has 0 aromatic heterocycles. The van der Waals surface area contributed by atoms with Crippen LogP contribution < -0.4 is 20.0 Å². The average molecular weight is 442 g/mol. The van der Waals surface area contributed by atoms with Crippen molar-refractivity contribution in [1.82, 2.24) is 10.6 Å². The van der Waals surface area contributed by atoms with Gasteiger partial charge in [-0.25, -0.2) is 0 Å². The minimum absolute atomic E-state index is 0.00383. The van der Waals surface area contributed by atoms with Crippen LogP contribution in [0.4, 0.5) is 0 Å². The molecule has 0 saturated carbocycles. The molecule has 1 aromatic rings. The Morgan fingerprint density at radius 2 is 1.43 bits per heavy atom. The number of hydrogen-bond acceptors (Lipinski definition) is 5. The van der Waals surface area contributed by atoms with Gasteiger partial charge in [-0.2, -0.15) is 13.6 Å². The molecule has 0 aliphatic heterocycles. The first kappa shape index (κ1) is 25.9. The molecule has 0 aliphatic carbocycles. The Bertz CT molecular complexity index is 736. The first-order valence-electron chi connectivity index (χ1n) is 10.6. The summed E-state index contributed by atoms with van der Waals surface area (Å²) >= 11 is 0. The first-order valence-corrected chi connectivity index (χ1v) is 12.1. The normalized spacial score (nSPS) is 11.1. The van der Waals surface area contributed by atoms with Crippen molar-refractivity contribution in [3.05, 3.63) is 29.8 Å². The first-order chi connectivity index (χ1) is 14.3. The average Bonchev–Trinajstić information content (AvgIpc) is 2.68. The van der Waals surface area contributed by atoms with Gasteiger partial charge in [0.05, 0.1) is 0 Å². The molecule has 0 bridgehead atoms. The van der Waals surface area contributed by atoms with Gasteiger partial charge in [0.1, 0.15) is 5.75 Å². The molecular formula is C21H35N3O5S. The van der Waals surface area contributed by atoms with Gasteiger partial charge in [0.2, 0.25) is 11.8 Å². The highest BCUT2D eigenvalue weighted by molar-refractivity contribution is 7.84. The van der Waals surface area contributed by atoms with Gasteiger partial charge in [-0.15, -0.1) is 0 Å². The van der Waals surface area contributed by atoms with Crippen molar-refractivity contribution < 1.29 is 22.2 Å². The van der Waals surface area contributed by atoms with Crippen molar-refractivity contribution in [3.8, 4) is 5.75 Å². The highest BCUT2D eigenvalue weighted by Crippen LogP contribution is 2.13. The molecule has 9 heteroatoms. The number of carbonyl (C=O) groups is 2. The smallest absolute Gasteiger partial charge is 0.371 e. The molecule has 0 fully saturated rings. The summed E-state index contributed by atoms with van der Waals surface area (Å²) in [5, 5.41) is 10.6. The second kappa shape index (κ2) is 14.8. The molecule has 0 radical (unpaired) electrons. The van der Waals surface area contributed by atoms with Gasteiger partial charge in [0.15, 0.2) is 0 Å². The van der Waals surface area contributed by atoms with Crippen LogP contribution in [0.15, 0.2) is 24.3 Å². The molecule has 170 valence electrons. The van der Waals surface area contributed by atoms with E-state index in [-0.39, 0.29) is 17.6 Å². The van der Waals surface area contributed by atoms with Crippen molar-refractivity contribution in [2.45, 2.75) is 71.1 Å². The van der Waals surface area contributed by atoms with Gasteiger partial charge >= 0.3 is 10.3 Å². The summed E-state index contributed by atoms with van der Waals surface area (Å²) in [6, 6.07) is 6.49. The minimum Gasteiger partial charge on any atom is -0.371 e. The van der Waals surface area contributed by atoms with Gasteiger partial charge in [0.25, 0.3) is 0 Å². The van der Waals surface area contributed by atoms with Crippen molar-refractivity contribution in [1.29, 1.82) is 0 Å². The predicted octanol–water partition coefficient (Wildman–Crippen LogP) is 2.57. The Morgan fingerprint density at radius 1 is 0.867 bits per heavy atom. The lowest BCUT2D eigenvalue weighted by atomic mass is 10.1. The molecule has 2 amide bonds. The molecule has 0 unspecified atom stereocenters. The van der Waals surface area contributed by atoms with E-state index >= 15 is 0 Å². The molecule has 1 aromatic carbocycles. The zero-order valence-electron chi connectivity index (χ0n) is 17.8. The summed E-state index contributed by atoms with van der Waals surface area (Å²) in [5.41, 5.74) is 0.947. The lowest BCUT2D eigenvalue weighted by molar-refractivity contribution is -0.122. The second-order valence-electron chi connectivity index (χ2n) is 7.29. The van der Waals surface area contributed by atoms with Crippen molar-refractivity contribution >= 4 is 22.1 Å². The SMILES string of the molecule is CCCCCCC(=O)NCCCCCC(=O)NCCc1ccc(OS(N)(=O)=O)cc1. The largest absolute Gasteiger partial charge is 0.380 e. The van der Waals surface area contributed by atoms with E-state index < -0.39 is 10.3 Å². The van der Waals surface area contributed by atoms with Gasteiger partial charge in [-0.3, -0.25) is 9.59 Å². The number of amides is 2. The topological polar surface area (TPSA) is 128 Å². The highest BCUT2D eigenvalue weighted by atomic mass is 32.2. The van der Waals surface area contributed by atoms with Crippen LogP contribution in [-0.2, 0) is 26.3 Å². The van der Waals surface area contributed by atoms with Gasteiger partial charge in [-0.05, 0) is 43.4 Å². The third-order valence-corrected chi connectivity index (χ3v) is 4.96. The number of nitrogens with two attached hydrogens (primary N) is 1. The van der Waals surface area contributed by atoms with Gasteiger partial charge in [-0.1, -0.05) is 44.7 Å². The fourth-order valence-corrected chi connectivity index (χ4v) is 3.28. The van der Waals surface area contributed by atoms with Gasteiger partial charge < -0.3 is 14.8 Å². The Hall–Kier alpha value is -2.13. The monoisotopic (exact) mass is 441 g/mol. The van der Waals surface area contributed by atoms with E-state index in [0.717, 1.165) is 37.7 Å². The van der Waals surface area contributed by atoms with Crippen LogP contribution in [-0.4, -0.2) is 33.3 Å². The van der Waals surface area contributed by atoms with Gasteiger partial charge in [0, 0.05) is 25.9 Å². The van der Waals surface area contributed by atoms with E-state index in [4.69, 9.17) is 5.14 Å². The van der Waals surface area contributed by atoms with E-state index in [1.165, 1.54) is 25.0 Å². The number of hydrogen-bond donors (Lipinski definition) is 3. The minimum atomic E-state index is -4.02. The summed E-state index contributed by atoms with van der Waals surface area (Å²) in [7, 11) is -4.02. The molecule has 0 spiro atoms. The van der Waals surface area contributed by atoms with Crippen LogP contribution in [0.25, 0.3) is 0 Å². The van der Waals surface area contributed by atoms with Crippen molar-refractivity contribution in [3.63, 3.8) is 0 Å². The van der Waals surface area contributed by atoms with Crippen LogP contribution in [0, 0.1) is 0 Å². The fourth-order valence-electron chi connectivity index (χ4n) is 2.90. The highest BCUT2D eigenvalue weighted by Gasteiger charge is 2.05. The zero-order chi connectivity index (χ0) is 22.2. The van der Waals surface area contributed by atoms with E-state index in [0.29, 0.717) is 32.4 Å². The maximum absolute atomic E-state index is 11.9. The lowest BCUT2D eigenvalue weighted by Crippen LogP contribution is -2.25. The van der Waals surface area contributed by atoms with Crippen molar-refractivity contribution in [2.24, 2.45) is 5.14 Å². The third-order valence-electron chi connectivity index (χ3n) is 4.53. The summed E-state index contributed by atoms with van der Waals surface area (Å²) in [6.07, 6.45) is 8.67. The number of nitrogens with one attached hydrogen (secondary N) is 2. The zero-order valence-corrected chi connectivity index (χ0v) is 18.6. The molecule has 4 N–H and O–H groups in total. The molecule has 1 rings (SSSR count). The second-order valence-corrected chi connectivity index (χ2v) is 8.44. The van der Waals surface area contributed by atoms with Crippen LogP contribution in [0.3, 0.4) is 0 Å². The Labute approximate surface area is 180 Å². The molecule has 0 saturated heterocycles. The molecule has 0 atom stereocenters.